The number of carbonyl (C=O) groups is 2. The van der Waals surface area contributed by atoms with E-state index in [9.17, 15) is 19.8 Å². The average Bonchev–Trinajstić information content (AvgIpc) is 4.08. The summed E-state index contributed by atoms with van der Waals surface area (Å²) in [6.45, 7) is 11.5. The summed E-state index contributed by atoms with van der Waals surface area (Å²) in [5.41, 5.74) is 15.2. The summed E-state index contributed by atoms with van der Waals surface area (Å²) in [5, 5.41) is 71.5. The SMILES string of the molecule is CC(C)(C)c1nn(-c2nc(Nc3c[c-]cc(C(=O)[O-])c3)nc(-n3nc(C(C)(C)C)c(N=Nc4nnc(-c5ccc(C(=O)[O-])cc5)s4)c3N)n2)c(N)c1N=Nc1nnc(-c2cc[c-]cc2)s1.[K+].[K+].[K+].[K+]. The molecule has 0 spiro atoms. The molecular formula is C41H34K4N18O4S2. The van der Waals surface area contributed by atoms with Crippen molar-refractivity contribution in [2.45, 2.75) is 52.4 Å². The third kappa shape index (κ3) is 14.3. The number of rotatable bonds is 12. The van der Waals surface area contributed by atoms with Gasteiger partial charge in [0.25, 0.3) is 22.2 Å². The van der Waals surface area contributed by atoms with E-state index in [0.717, 1.165) is 16.9 Å². The van der Waals surface area contributed by atoms with Crippen molar-refractivity contribution < 1.29 is 225 Å². The quantitative estimate of drug-likeness (QED) is 0.0583. The number of hydrogen-bond donors (Lipinski definition) is 3. The first-order valence-corrected chi connectivity index (χ1v) is 20.9. The zero-order chi connectivity index (χ0) is 46.2. The van der Waals surface area contributed by atoms with Crippen molar-refractivity contribution in [1.82, 2.24) is 54.9 Å². The van der Waals surface area contributed by atoms with Gasteiger partial charge in [-0.05, 0) is 5.56 Å². The summed E-state index contributed by atoms with van der Waals surface area (Å²) >= 11 is 2.35. The molecule has 69 heavy (non-hydrogen) atoms. The molecule has 0 amide bonds. The number of nitrogens with two attached hydrogens (primary N) is 2. The third-order valence-corrected chi connectivity index (χ3v) is 10.8. The molecule has 8 aromatic rings. The first-order chi connectivity index (χ1) is 30.9. The normalized spacial score (nSPS) is 11.4. The molecule has 8 rings (SSSR count). The maximum atomic E-state index is 11.7. The Bertz CT molecular complexity index is 3160. The van der Waals surface area contributed by atoms with Crippen LogP contribution in [0.4, 0.5) is 44.9 Å². The fourth-order valence-electron chi connectivity index (χ4n) is 5.96. The van der Waals surface area contributed by atoms with Crippen LogP contribution < -0.4 is 233 Å². The van der Waals surface area contributed by atoms with Gasteiger partial charge in [-0.15, -0.1) is 52.5 Å². The molecule has 0 saturated carbocycles. The van der Waals surface area contributed by atoms with Crippen LogP contribution in [0.5, 0.6) is 0 Å². The molecule has 0 aliphatic carbocycles. The van der Waals surface area contributed by atoms with Crippen molar-refractivity contribution >= 4 is 79.5 Å². The Balaban J connectivity index is 0.00000259. The number of hydrogen-bond acceptors (Lipinski definition) is 22. The van der Waals surface area contributed by atoms with Crippen molar-refractivity contribution in [3.63, 3.8) is 0 Å². The topological polar surface area (TPSA) is 320 Å². The van der Waals surface area contributed by atoms with Crippen molar-refractivity contribution in [1.29, 1.82) is 0 Å². The van der Waals surface area contributed by atoms with Gasteiger partial charge in [-0.3, -0.25) is 0 Å². The number of nitrogens with zero attached hydrogens (tertiary/aromatic N) is 15. The van der Waals surface area contributed by atoms with Crippen LogP contribution in [0.2, 0.25) is 0 Å². The summed E-state index contributed by atoms with van der Waals surface area (Å²) in [4.78, 5) is 36.9. The van der Waals surface area contributed by atoms with Crippen LogP contribution in [-0.4, -0.2) is 66.8 Å². The van der Waals surface area contributed by atoms with E-state index in [-0.39, 0.29) is 273 Å². The molecule has 0 bridgehead atoms. The molecule has 0 aliphatic rings. The minimum atomic E-state index is -1.41. The number of aromatic carboxylic acids is 2. The average molecular weight is 1060 g/mol. The maximum absolute atomic E-state index is 11.7. The van der Waals surface area contributed by atoms with Crippen molar-refractivity contribution in [2.24, 2.45) is 20.5 Å². The van der Waals surface area contributed by atoms with Gasteiger partial charge in [-0.2, -0.15) is 83.0 Å². The smallest absolute Gasteiger partial charge is 0.559 e. The summed E-state index contributed by atoms with van der Waals surface area (Å²) in [6, 6.07) is 23.1. The Morgan fingerprint density at radius 1 is 0.623 bits per heavy atom. The second-order valence-electron chi connectivity index (χ2n) is 16.0. The largest absolute Gasteiger partial charge is 1.00 e. The number of carboxylic acids is 2. The number of carbonyl (C=O) groups excluding carboxylic acids is 2. The second kappa shape index (κ2) is 25.5. The standard InChI is InChI=1S/C41H36N18O4S2.4K/c1-40(2,3)27-25(48-52-38-54-50-31(64-38)20-11-8-7-9-12-20)29(42)58(56-27)36-45-35(44-24-14-10-13-23(19-24)34(62)63)46-37(47-36)59-30(43)26(28(57-59)41(4,5)6)49-53-39-55-51-32(65-39)21-15-17-22(18-16-21)33(60)61;;;;/h8-9,11-19H,42-43H2,1-6H3,(H,60,61)(H,62,63)(H,44,45,46,47);;;;/q-2;4*+1/p-2. The number of anilines is 4. The molecule has 0 fully saturated rings. The van der Waals surface area contributed by atoms with Gasteiger partial charge >= 0.3 is 206 Å². The van der Waals surface area contributed by atoms with E-state index >= 15 is 0 Å². The molecule has 0 aliphatic heterocycles. The van der Waals surface area contributed by atoms with E-state index in [4.69, 9.17) is 26.6 Å². The van der Waals surface area contributed by atoms with E-state index in [1.54, 1.807) is 24.3 Å². The van der Waals surface area contributed by atoms with Crippen LogP contribution in [0.15, 0.2) is 87.2 Å². The molecule has 0 atom stereocenters. The Labute approximate surface area is 572 Å². The van der Waals surface area contributed by atoms with E-state index in [0.29, 0.717) is 27.0 Å². The minimum Gasteiger partial charge on any atom is -0.559 e. The molecule has 0 unspecified atom stereocenters. The molecule has 5 aromatic heterocycles. The van der Waals surface area contributed by atoms with Gasteiger partial charge in [0.1, 0.15) is 10.0 Å². The fourth-order valence-corrected chi connectivity index (χ4v) is 7.30. The van der Waals surface area contributed by atoms with Crippen LogP contribution >= 0.6 is 22.7 Å². The number of benzene rings is 3. The van der Waals surface area contributed by atoms with Crippen LogP contribution in [0.3, 0.4) is 0 Å². The number of azo groups is 2. The van der Waals surface area contributed by atoms with Gasteiger partial charge in [0.2, 0.25) is 5.95 Å². The number of aromatic nitrogens is 11. The van der Waals surface area contributed by atoms with Gasteiger partial charge < -0.3 is 36.6 Å². The summed E-state index contributed by atoms with van der Waals surface area (Å²) in [5.74, 6) is -3.02. The Kier molecular flexibility index (Phi) is 22.1. The summed E-state index contributed by atoms with van der Waals surface area (Å²) < 4.78 is 2.52. The third-order valence-electron chi connectivity index (χ3n) is 9.11. The van der Waals surface area contributed by atoms with E-state index in [1.807, 2.05) is 53.7 Å². The number of nitrogen functional groups attached to an aromatic ring is 2. The second-order valence-corrected chi connectivity index (χ2v) is 17.9. The Hall–Kier alpha value is -1.70. The van der Waals surface area contributed by atoms with E-state index in [1.165, 1.54) is 51.0 Å². The van der Waals surface area contributed by atoms with Gasteiger partial charge in [-0.1, -0.05) is 99.7 Å². The zero-order valence-electron chi connectivity index (χ0n) is 39.2. The van der Waals surface area contributed by atoms with Crippen LogP contribution in [-0.2, 0) is 10.8 Å². The van der Waals surface area contributed by atoms with Gasteiger partial charge in [0.15, 0.2) is 23.0 Å². The van der Waals surface area contributed by atoms with Crippen molar-refractivity contribution in [3.05, 3.63) is 101 Å². The predicted molar refractivity (Wildman–Crippen MR) is 235 cm³/mol. The van der Waals surface area contributed by atoms with Crippen molar-refractivity contribution in [3.8, 4) is 33.0 Å². The van der Waals surface area contributed by atoms with E-state index in [2.05, 4.69) is 68.3 Å². The van der Waals surface area contributed by atoms with Gasteiger partial charge in [-0.25, -0.2) is 0 Å². The molecule has 5 N–H and O–H groups in total. The first kappa shape index (κ1) is 59.9. The first-order valence-electron chi connectivity index (χ1n) is 19.3. The monoisotopic (exact) mass is 1060 g/mol. The van der Waals surface area contributed by atoms with Crippen LogP contribution in [0.25, 0.3) is 33.0 Å². The van der Waals surface area contributed by atoms with Gasteiger partial charge in [0, 0.05) is 22.4 Å². The Morgan fingerprint density at radius 2 is 1.09 bits per heavy atom. The maximum Gasteiger partial charge on any atom is 1.00 e. The fraction of sp³-hybridized carbons (Fsp3) is 0.195. The molecule has 328 valence electrons. The summed E-state index contributed by atoms with van der Waals surface area (Å²) in [7, 11) is 0. The van der Waals surface area contributed by atoms with Crippen molar-refractivity contribution in [2.75, 3.05) is 16.8 Å². The van der Waals surface area contributed by atoms with Crippen LogP contribution in [0.1, 0.15) is 73.6 Å². The van der Waals surface area contributed by atoms with Gasteiger partial charge in [0.05, 0.1) is 17.4 Å². The molecule has 3 aromatic carbocycles. The van der Waals surface area contributed by atoms with Crippen LogP contribution in [0, 0.1) is 12.1 Å². The summed E-state index contributed by atoms with van der Waals surface area (Å²) in [6.07, 6.45) is 0. The molecule has 22 nitrogen and oxygen atoms in total. The molecule has 5 heterocycles. The molecule has 0 saturated heterocycles. The molecular weight excluding hydrogens is 1030 g/mol. The molecule has 28 heteroatoms. The minimum absolute atomic E-state index is 0. The Morgan fingerprint density at radius 3 is 1.54 bits per heavy atom. The zero-order valence-corrected chi connectivity index (χ0v) is 53.3. The predicted octanol–water partition coefficient (Wildman–Crippen LogP) is -6.04. The number of carboxylic acid groups (broad SMARTS) is 2. The number of nitrogens with one attached hydrogen (secondary N) is 1. The molecule has 0 radical (unpaired) electrons. The van der Waals surface area contributed by atoms with E-state index < -0.39 is 22.8 Å².